The van der Waals surface area contributed by atoms with Crippen molar-refractivity contribution < 1.29 is 9.53 Å². The van der Waals surface area contributed by atoms with Crippen LogP contribution in [0, 0.1) is 5.92 Å². The highest BCUT2D eigenvalue weighted by Crippen LogP contribution is 2.63. The molecule has 2 saturated heterocycles. The van der Waals surface area contributed by atoms with Gasteiger partial charge in [0.15, 0.2) is 0 Å². The number of amides is 1. The molecule has 2 aliphatic heterocycles. The number of carbonyl (C=O) groups excluding carboxylic acids is 1. The van der Waals surface area contributed by atoms with Crippen LogP contribution in [0.5, 0.6) is 0 Å². The summed E-state index contributed by atoms with van der Waals surface area (Å²) in [4.78, 5) is 17.5. The number of carbonyl (C=O) groups is 1. The third-order valence-electron chi connectivity index (χ3n) is 9.47. The summed E-state index contributed by atoms with van der Waals surface area (Å²) in [6, 6.07) is 10.4. The second-order valence-electron chi connectivity index (χ2n) is 11.0. The predicted octanol–water partition coefficient (Wildman–Crippen LogP) is 4.90. The standard InChI is InChI=1S/C26H36N2O2/c1-18(2)30-24(29)28-23-8-7-20-17-21(10-12-26(20,23)28)27-15-13-25(14-16-27)11-9-19-5-3-4-6-22(19)25/h3-6,18,20-21,23H,7-17H2,1-2H3. The number of rotatable bonds is 2. The van der Waals surface area contributed by atoms with Crippen molar-refractivity contribution in [2.24, 2.45) is 5.92 Å². The van der Waals surface area contributed by atoms with Gasteiger partial charge in [0.2, 0.25) is 0 Å². The Morgan fingerprint density at radius 2 is 1.87 bits per heavy atom. The highest BCUT2D eigenvalue weighted by atomic mass is 16.6. The quantitative estimate of drug-likeness (QED) is 0.653. The van der Waals surface area contributed by atoms with E-state index in [9.17, 15) is 4.79 Å². The zero-order valence-corrected chi connectivity index (χ0v) is 18.6. The molecule has 1 amide bonds. The van der Waals surface area contributed by atoms with Gasteiger partial charge >= 0.3 is 6.09 Å². The molecule has 30 heavy (non-hydrogen) atoms. The molecule has 2 saturated carbocycles. The molecule has 3 aliphatic carbocycles. The molecule has 2 heterocycles. The summed E-state index contributed by atoms with van der Waals surface area (Å²) in [6.45, 7) is 6.41. The zero-order valence-electron chi connectivity index (χ0n) is 18.6. The Morgan fingerprint density at radius 3 is 2.67 bits per heavy atom. The molecule has 2 spiro atoms. The lowest BCUT2D eigenvalue weighted by Crippen LogP contribution is -2.50. The molecule has 0 N–H and O–H groups in total. The van der Waals surface area contributed by atoms with Crippen molar-refractivity contribution in [3.05, 3.63) is 35.4 Å². The molecule has 1 aromatic carbocycles. The first-order valence-electron chi connectivity index (χ1n) is 12.4. The van der Waals surface area contributed by atoms with Crippen LogP contribution in [0.15, 0.2) is 24.3 Å². The summed E-state index contributed by atoms with van der Waals surface area (Å²) in [5.41, 5.74) is 3.87. The molecule has 6 rings (SSSR count). The molecule has 4 heteroatoms. The summed E-state index contributed by atoms with van der Waals surface area (Å²) >= 11 is 0. The number of hydrogen-bond acceptors (Lipinski definition) is 3. The van der Waals surface area contributed by atoms with E-state index in [0.29, 0.717) is 17.4 Å². The van der Waals surface area contributed by atoms with Crippen molar-refractivity contribution in [2.45, 2.75) is 101 Å². The Hall–Kier alpha value is -1.55. The van der Waals surface area contributed by atoms with Crippen LogP contribution in [0.1, 0.15) is 76.3 Å². The number of fused-ring (bicyclic) bond motifs is 2. The number of ether oxygens (including phenoxy) is 1. The van der Waals surface area contributed by atoms with E-state index in [4.69, 9.17) is 4.74 Å². The molecule has 162 valence electrons. The van der Waals surface area contributed by atoms with E-state index in [2.05, 4.69) is 34.1 Å². The maximum atomic E-state index is 12.6. The van der Waals surface area contributed by atoms with Crippen LogP contribution in [-0.2, 0) is 16.6 Å². The lowest BCUT2D eigenvalue weighted by molar-refractivity contribution is 0.0492. The molecule has 5 aliphatic rings. The largest absolute Gasteiger partial charge is 0.447 e. The minimum atomic E-state index is -0.0574. The highest BCUT2D eigenvalue weighted by Gasteiger charge is 2.73. The third kappa shape index (κ3) is 2.65. The van der Waals surface area contributed by atoms with E-state index < -0.39 is 0 Å². The number of likely N-dealkylation sites (tertiary alicyclic amines) is 2. The average Bonchev–Trinajstić information content (AvgIpc) is 3.02. The topological polar surface area (TPSA) is 32.6 Å². The molecule has 4 fully saturated rings. The van der Waals surface area contributed by atoms with Crippen LogP contribution in [0.3, 0.4) is 0 Å². The maximum absolute atomic E-state index is 12.6. The summed E-state index contributed by atoms with van der Waals surface area (Å²) < 4.78 is 5.56. The van der Waals surface area contributed by atoms with Gasteiger partial charge in [0, 0.05) is 6.04 Å². The van der Waals surface area contributed by atoms with Gasteiger partial charge in [0.25, 0.3) is 0 Å². The van der Waals surface area contributed by atoms with E-state index >= 15 is 0 Å². The lowest BCUT2D eigenvalue weighted by atomic mass is 9.72. The summed E-state index contributed by atoms with van der Waals surface area (Å²) in [5, 5.41) is 0. The molecule has 1 aromatic rings. The first kappa shape index (κ1) is 19.2. The van der Waals surface area contributed by atoms with Crippen molar-refractivity contribution in [1.82, 2.24) is 9.80 Å². The smallest absolute Gasteiger partial charge is 0.410 e. The van der Waals surface area contributed by atoms with Crippen LogP contribution < -0.4 is 0 Å². The first-order valence-corrected chi connectivity index (χ1v) is 12.4. The molecule has 4 nitrogen and oxygen atoms in total. The van der Waals surface area contributed by atoms with Crippen LogP contribution in [0.2, 0.25) is 0 Å². The highest BCUT2D eigenvalue weighted by molar-refractivity contribution is 5.74. The number of piperidine rings is 2. The van der Waals surface area contributed by atoms with Gasteiger partial charge in [0.1, 0.15) is 0 Å². The fourth-order valence-electron chi connectivity index (χ4n) is 8.01. The molecular weight excluding hydrogens is 372 g/mol. The van der Waals surface area contributed by atoms with Crippen LogP contribution >= 0.6 is 0 Å². The van der Waals surface area contributed by atoms with Crippen LogP contribution in [0.25, 0.3) is 0 Å². The zero-order chi connectivity index (χ0) is 20.5. The Balaban J connectivity index is 1.10. The van der Waals surface area contributed by atoms with Crippen molar-refractivity contribution in [2.75, 3.05) is 13.1 Å². The minimum absolute atomic E-state index is 0.0218. The average molecular weight is 409 g/mol. The molecule has 0 radical (unpaired) electrons. The molecule has 4 atom stereocenters. The Labute approximate surface area is 180 Å². The van der Waals surface area contributed by atoms with Gasteiger partial charge in [-0.25, -0.2) is 4.79 Å². The van der Waals surface area contributed by atoms with Gasteiger partial charge in [0.05, 0.1) is 17.7 Å². The van der Waals surface area contributed by atoms with Gasteiger partial charge in [-0.3, -0.25) is 4.90 Å². The van der Waals surface area contributed by atoms with Gasteiger partial charge < -0.3 is 9.64 Å². The van der Waals surface area contributed by atoms with Crippen LogP contribution in [0.4, 0.5) is 4.79 Å². The SMILES string of the molecule is CC(C)OC(=O)N1C2CCC3CC(N4CCC5(CCc6ccccc65)CC4)CCC321. The Kier molecular flexibility index (Phi) is 4.29. The number of benzene rings is 1. The molecule has 4 unspecified atom stereocenters. The van der Waals surface area contributed by atoms with Crippen molar-refractivity contribution in [3.8, 4) is 0 Å². The van der Waals surface area contributed by atoms with Crippen molar-refractivity contribution >= 4 is 6.09 Å². The molecule has 0 aromatic heterocycles. The van der Waals surface area contributed by atoms with Crippen molar-refractivity contribution in [1.29, 1.82) is 0 Å². The van der Waals surface area contributed by atoms with Crippen LogP contribution in [-0.4, -0.2) is 52.7 Å². The Bertz CT molecular complexity index is 843. The molecule has 0 bridgehead atoms. The monoisotopic (exact) mass is 408 g/mol. The van der Waals surface area contributed by atoms with E-state index in [1.807, 2.05) is 13.8 Å². The first-order chi connectivity index (χ1) is 14.5. The number of aryl methyl sites for hydroxylation is 1. The third-order valence-corrected chi connectivity index (χ3v) is 9.47. The summed E-state index contributed by atoms with van der Waals surface area (Å²) in [6.07, 6.45) is 11.4. The van der Waals surface area contributed by atoms with Gasteiger partial charge in [-0.05, 0) is 107 Å². The maximum Gasteiger partial charge on any atom is 0.410 e. The predicted molar refractivity (Wildman–Crippen MR) is 118 cm³/mol. The normalized spacial score (nSPS) is 36.5. The fourth-order valence-corrected chi connectivity index (χ4v) is 8.01. The second-order valence-corrected chi connectivity index (χ2v) is 11.0. The fraction of sp³-hybridized carbons (Fsp3) is 0.731. The lowest BCUT2D eigenvalue weighted by Gasteiger charge is -2.46. The Morgan fingerprint density at radius 1 is 1.07 bits per heavy atom. The number of hydrogen-bond donors (Lipinski definition) is 0. The van der Waals surface area contributed by atoms with E-state index in [-0.39, 0.29) is 17.7 Å². The summed E-state index contributed by atoms with van der Waals surface area (Å²) in [7, 11) is 0. The number of nitrogens with zero attached hydrogens (tertiary/aromatic N) is 2. The second kappa shape index (κ2) is 6.72. The van der Waals surface area contributed by atoms with Gasteiger partial charge in [-0.1, -0.05) is 24.3 Å². The van der Waals surface area contributed by atoms with E-state index in [1.54, 1.807) is 11.1 Å². The van der Waals surface area contributed by atoms with E-state index in [1.165, 1.54) is 70.9 Å². The van der Waals surface area contributed by atoms with Crippen molar-refractivity contribution in [3.63, 3.8) is 0 Å². The van der Waals surface area contributed by atoms with Gasteiger partial charge in [-0.15, -0.1) is 0 Å². The molecular formula is C26H36N2O2. The summed E-state index contributed by atoms with van der Waals surface area (Å²) in [5.74, 6) is 0.684. The van der Waals surface area contributed by atoms with Gasteiger partial charge in [-0.2, -0.15) is 0 Å². The van der Waals surface area contributed by atoms with E-state index in [0.717, 1.165) is 6.04 Å². The minimum Gasteiger partial charge on any atom is -0.447 e.